The van der Waals surface area contributed by atoms with Crippen molar-refractivity contribution in [2.45, 2.75) is 13.0 Å². The fraction of sp³-hybridized carbons (Fsp3) is 0.538. The second-order valence-corrected chi connectivity index (χ2v) is 7.96. The van der Waals surface area contributed by atoms with Crippen LogP contribution in [-0.4, -0.2) is 40.1 Å². The molecule has 4 nitrogen and oxygen atoms in total. The molecule has 0 radical (unpaired) electrons. The molecule has 1 aromatic rings. The maximum absolute atomic E-state index is 11.6. The molecule has 1 saturated heterocycles. The van der Waals surface area contributed by atoms with Crippen molar-refractivity contribution in [2.24, 2.45) is 0 Å². The number of benzene rings is 1. The summed E-state index contributed by atoms with van der Waals surface area (Å²) in [5.74, 6) is 0.561. The molecule has 6 heteroatoms. The zero-order valence-corrected chi connectivity index (χ0v) is 13.4. The molecule has 1 N–H and O–H groups in total. The topological polar surface area (TPSA) is 49.4 Å². The number of halogens is 1. The first-order valence-electron chi connectivity index (χ1n) is 6.40. The Balaban J connectivity index is 2.16. The van der Waals surface area contributed by atoms with Crippen LogP contribution in [0.4, 0.5) is 5.69 Å². The maximum atomic E-state index is 11.6. The molecule has 1 aliphatic heterocycles. The van der Waals surface area contributed by atoms with Gasteiger partial charge in [-0.3, -0.25) is 0 Å². The van der Waals surface area contributed by atoms with Crippen LogP contribution in [0.25, 0.3) is 0 Å². The van der Waals surface area contributed by atoms with Crippen molar-refractivity contribution < 1.29 is 8.42 Å². The van der Waals surface area contributed by atoms with E-state index in [0.29, 0.717) is 18.7 Å². The molecule has 0 bridgehead atoms. The summed E-state index contributed by atoms with van der Waals surface area (Å²) in [5.41, 5.74) is 2.29. The summed E-state index contributed by atoms with van der Waals surface area (Å²) in [7, 11) is -0.934. The van der Waals surface area contributed by atoms with Crippen LogP contribution in [0.15, 0.2) is 22.7 Å². The van der Waals surface area contributed by atoms with Crippen LogP contribution in [0.2, 0.25) is 0 Å². The van der Waals surface area contributed by atoms with Crippen molar-refractivity contribution in [1.29, 1.82) is 0 Å². The monoisotopic (exact) mass is 346 g/mol. The zero-order chi connectivity index (χ0) is 13.9. The van der Waals surface area contributed by atoms with Crippen molar-refractivity contribution in [2.75, 3.05) is 36.5 Å². The van der Waals surface area contributed by atoms with Gasteiger partial charge in [0.1, 0.15) is 0 Å². The molecule has 0 unspecified atom stereocenters. The third-order valence-corrected chi connectivity index (χ3v) is 5.78. The molecule has 0 aliphatic carbocycles. The number of nitrogens with zero attached hydrogens (tertiary/aromatic N) is 1. The predicted octanol–water partition coefficient (Wildman–Crippen LogP) is 1.79. The lowest BCUT2D eigenvalue weighted by Gasteiger charge is -2.23. The predicted molar refractivity (Wildman–Crippen MR) is 82.4 cm³/mol. The summed E-state index contributed by atoms with van der Waals surface area (Å²) in [6, 6.07) is 6.22. The quantitative estimate of drug-likeness (QED) is 0.906. The Hall–Kier alpha value is -0.590. The van der Waals surface area contributed by atoms with Crippen LogP contribution in [0.1, 0.15) is 12.0 Å². The largest absolute Gasteiger partial charge is 0.370 e. The first-order chi connectivity index (χ1) is 9.02. The van der Waals surface area contributed by atoms with Gasteiger partial charge in [-0.05, 0) is 31.2 Å². The summed E-state index contributed by atoms with van der Waals surface area (Å²) in [5, 5.41) is 3.12. The van der Waals surface area contributed by atoms with E-state index in [4.69, 9.17) is 0 Å². The number of hydrogen-bond acceptors (Lipinski definition) is 4. The Morgan fingerprint density at radius 1 is 1.32 bits per heavy atom. The van der Waals surface area contributed by atoms with Gasteiger partial charge in [0.15, 0.2) is 9.84 Å². The lowest BCUT2D eigenvalue weighted by atomic mass is 10.2. The second kappa shape index (κ2) is 6.24. The van der Waals surface area contributed by atoms with Crippen molar-refractivity contribution in [3.05, 3.63) is 28.2 Å². The van der Waals surface area contributed by atoms with Gasteiger partial charge in [0.2, 0.25) is 0 Å². The van der Waals surface area contributed by atoms with E-state index in [2.05, 4.69) is 44.3 Å². The van der Waals surface area contributed by atoms with E-state index < -0.39 is 9.84 Å². The highest BCUT2D eigenvalue weighted by Crippen LogP contribution is 2.25. The number of sulfone groups is 1. The molecule has 0 atom stereocenters. The van der Waals surface area contributed by atoms with E-state index in [0.717, 1.165) is 23.2 Å². The van der Waals surface area contributed by atoms with Crippen molar-refractivity contribution in [1.82, 2.24) is 5.32 Å². The van der Waals surface area contributed by atoms with Crippen LogP contribution in [0, 0.1) is 0 Å². The number of rotatable bonds is 3. The second-order valence-electron chi connectivity index (χ2n) is 4.80. The highest BCUT2D eigenvalue weighted by atomic mass is 79.9. The summed E-state index contributed by atoms with van der Waals surface area (Å²) < 4.78 is 24.3. The van der Waals surface area contributed by atoms with Gasteiger partial charge in [-0.1, -0.05) is 22.0 Å². The molecule has 106 valence electrons. The van der Waals surface area contributed by atoms with E-state index >= 15 is 0 Å². The minimum Gasteiger partial charge on any atom is -0.370 e. The summed E-state index contributed by atoms with van der Waals surface area (Å²) in [6.45, 7) is 2.20. The molecule has 1 fully saturated rings. The molecule has 0 spiro atoms. The summed E-state index contributed by atoms with van der Waals surface area (Å²) in [4.78, 5) is 2.15. The first kappa shape index (κ1) is 14.8. The van der Waals surface area contributed by atoms with E-state index in [9.17, 15) is 8.42 Å². The van der Waals surface area contributed by atoms with Gasteiger partial charge in [0.25, 0.3) is 0 Å². The number of nitrogens with one attached hydrogen (secondary N) is 1. The third kappa shape index (κ3) is 3.94. The molecule has 0 saturated carbocycles. The molecule has 1 aromatic carbocycles. The lowest BCUT2D eigenvalue weighted by Crippen LogP contribution is -2.26. The zero-order valence-electron chi connectivity index (χ0n) is 11.0. The SMILES string of the molecule is CNCc1ccc(N2CCCS(=O)(=O)CC2)cc1Br. The van der Waals surface area contributed by atoms with Crippen molar-refractivity contribution in [3.8, 4) is 0 Å². The molecule has 19 heavy (non-hydrogen) atoms. The maximum Gasteiger partial charge on any atom is 0.152 e. The lowest BCUT2D eigenvalue weighted by molar-refractivity contribution is 0.597. The minimum absolute atomic E-state index is 0.253. The Morgan fingerprint density at radius 3 is 2.79 bits per heavy atom. The van der Waals surface area contributed by atoms with Gasteiger partial charge in [0, 0.05) is 29.8 Å². The van der Waals surface area contributed by atoms with Crippen molar-refractivity contribution >= 4 is 31.5 Å². The number of hydrogen-bond donors (Lipinski definition) is 1. The highest BCUT2D eigenvalue weighted by molar-refractivity contribution is 9.10. The average Bonchev–Trinajstić information content (AvgIpc) is 2.53. The molecule has 1 aliphatic rings. The van der Waals surface area contributed by atoms with E-state index in [-0.39, 0.29) is 5.75 Å². The van der Waals surface area contributed by atoms with Gasteiger partial charge in [0.05, 0.1) is 11.5 Å². The molecule has 0 aromatic heterocycles. The first-order valence-corrected chi connectivity index (χ1v) is 9.02. The molecule has 1 heterocycles. The Morgan fingerprint density at radius 2 is 2.11 bits per heavy atom. The normalized spacial score (nSPS) is 19.2. The number of anilines is 1. The Kier molecular flexibility index (Phi) is 4.86. The highest BCUT2D eigenvalue weighted by Gasteiger charge is 2.19. The summed E-state index contributed by atoms with van der Waals surface area (Å²) >= 11 is 3.57. The van der Waals surface area contributed by atoms with E-state index in [1.807, 2.05) is 7.05 Å². The van der Waals surface area contributed by atoms with Gasteiger partial charge in [-0.15, -0.1) is 0 Å². The van der Waals surface area contributed by atoms with Crippen LogP contribution < -0.4 is 10.2 Å². The fourth-order valence-electron chi connectivity index (χ4n) is 2.26. The molecule has 0 amide bonds. The Bertz CT molecular complexity index is 546. The molecular weight excluding hydrogens is 328 g/mol. The molecule has 2 rings (SSSR count). The van der Waals surface area contributed by atoms with Gasteiger partial charge >= 0.3 is 0 Å². The Labute approximate surface area is 123 Å². The smallest absolute Gasteiger partial charge is 0.152 e. The average molecular weight is 347 g/mol. The minimum atomic E-state index is -2.85. The van der Waals surface area contributed by atoms with Crippen molar-refractivity contribution in [3.63, 3.8) is 0 Å². The van der Waals surface area contributed by atoms with Crippen LogP contribution >= 0.6 is 15.9 Å². The molecular formula is C13H19BrN2O2S. The third-order valence-electron chi connectivity index (χ3n) is 3.32. The van der Waals surface area contributed by atoms with Crippen LogP contribution in [0.5, 0.6) is 0 Å². The standard InChI is InChI=1S/C13H19BrN2O2S/c1-15-10-11-3-4-12(9-13(11)14)16-5-2-7-19(17,18)8-6-16/h3-4,9,15H,2,5-8,10H2,1H3. The van der Waals surface area contributed by atoms with E-state index in [1.54, 1.807) is 0 Å². The van der Waals surface area contributed by atoms with Crippen LogP contribution in [-0.2, 0) is 16.4 Å². The van der Waals surface area contributed by atoms with Gasteiger partial charge in [-0.25, -0.2) is 8.42 Å². The fourth-order valence-corrected chi connectivity index (χ4v) is 4.04. The van der Waals surface area contributed by atoms with Crippen LogP contribution in [0.3, 0.4) is 0 Å². The van der Waals surface area contributed by atoms with E-state index in [1.165, 1.54) is 5.56 Å². The van der Waals surface area contributed by atoms with Gasteiger partial charge < -0.3 is 10.2 Å². The van der Waals surface area contributed by atoms with Gasteiger partial charge in [-0.2, -0.15) is 0 Å². The summed E-state index contributed by atoms with van der Waals surface area (Å²) in [6.07, 6.45) is 0.707.